The van der Waals surface area contributed by atoms with Crippen molar-refractivity contribution in [3.8, 4) is 5.75 Å². The summed E-state index contributed by atoms with van der Waals surface area (Å²) in [5.74, 6) is 0.433. The Bertz CT molecular complexity index is 1150. The number of fused-ring (bicyclic) bond motifs is 7. The maximum absolute atomic E-state index is 13.5. The fourth-order valence-electron chi connectivity index (χ4n) is 5.74. The second-order valence-corrected chi connectivity index (χ2v) is 7.74. The van der Waals surface area contributed by atoms with Crippen LogP contribution in [-0.2, 0) is 0 Å². The molecule has 1 fully saturated rings. The number of Topliss-reactive ketones (excluding diaryl/α,β-unsaturated/α-hetero) is 2. The summed E-state index contributed by atoms with van der Waals surface area (Å²) in [5.41, 5.74) is 3.49. The quantitative estimate of drug-likeness (QED) is 0.667. The Morgan fingerprint density at radius 2 is 1.41 bits per heavy atom. The summed E-state index contributed by atoms with van der Waals surface area (Å²) in [6.07, 6.45) is 0. The molecule has 3 nitrogen and oxygen atoms in total. The minimum Gasteiger partial charge on any atom is -0.493 e. The lowest BCUT2D eigenvalue weighted by Gasteiger charge is -2.50. The molecule has 27 heavy (non-hydrogen) atoms. The largest absolute Gasteiger partial charge is 0.493 e. The molecular formula is C24H18O3. The van der Waals surface area contributed by atoms with E-state index in [9.17, 15) is 9.59 Å². The van der Waals surface area contributed by atoms with Gasteiger partial charge in [-0.3, -0.25) is 9.59 Å². The van der Waals surface area contributed by atoms with Gasteiger partial charge in [-0.15, -0.1) is 0 Å². The van der Waals surface area contributed by atoms with Gasteiger partial charge in [0.05, 0.1) is 12.2 Å². The molecule has 0 amide bonds. The summed E-state index contributed by atoms with van der Waals surface area (Å²) in [5, 5.41) is 2.45. The van der Waals surface area contributed by atoms with E-state index in [1.54, 1.807) is 12.1 Å². The Balaban J connectivity index is 1.57. The van der Waals surface area contributed by atoms with Gasteiger partial charge < -0.3 is 4.74 Å². The van der Waals surface area contributed by atoms with E-state index in [2.05, 4.69) is 36.4 Å². The zero-order chi connectivity index (χ0) is 18.3. The van der Waals surface area contributed by atoms with Crippen molar-refractivity contribution in [2.75, 3.05) is 6.61 Å². The monoisotopic (exact) mass is 354 g/mol. The van der Waals surface area contributed by atoms with Gasteiger partial charge in [0.1, 0.15) is 5.75 Å². The van der Waals surface area contributed by atoms with Crippen molar-refractivity contribution in [1.82, 2.24) is 0 Å². The van der Waals surface area contributed by atoms with E-state index in [-0.39, 0.29) is 35.2 Å². The summed E-state index contributed by atoms with van der Waals surface area (Å²) in [6.45, 7) is 2.37. The predicted octanol–water partition coefficient (Wildman–Crippen LogP) is 4.74. The molecule has 6 rings (SSSR count). The zero-order valence-corrected chi connectivity index (χ0v) is 14.9. The minimum absolute atomic E-state index is 0.0738. The van der Waals surface area contributed by atoms with E-state index < -0.39 is 0 Å². The van der Waals surface area contributed by atoms with Gasteiger partial charge in [-0.1, -0.05) is 48.5 Å². The molecule has 0 saturated heterocycles. The summed E-state index contributed by atoms with van der Waals surface area (Å²) in [4.78, 5) is 26.9. The van der Waals surface area contributed by atoms with Crippen molar-refractivity contribution in [3.05, 3.63) is 76.9 Å². The van der Waals surface area contributed by atoms with Crippen molar-refractivity contribution in [2.24, 2.45) is 11.8 Å². The van der Waals surface area contributed by atoms with Crippen LogP contribution in [0.5, 0.6) is 5.75 Å². The highest BCUT2D eigenvalue weighted by molar-refractivity contribution is 6.20. The number of hydrogen-bond acceptors (Lipinski definition) is 3. The summed E-state index contributed by atoms with van der Waals surface area (Å²) in [6, 6.07) is 18.0. The highest BCUT2D eigenvalue weighted by Gasteiger charge is 2.63. The fraction of sp³-hybridized carbons (Fsp3) is 0.250. The normalized spacial score (nSPS) is 27.0. The lowest BCUT2D eigenvalue weighted by atomic mass is 9.49. The molecule has 3 aromatic carbocycles. The minimum atomic E-state index is -0.269. The molecule has 4 atom stereocenters. The predicted molar refractivity (Wildman–Crippen MR) is 103 cm³/mol. The zero-order valence-electron chi connectivity index (χ0n) is 14.9. The molecule has 3 heteroatoms. The Kier molecular flexibility index (Phi) is 2.84. The van der Waals surface area contributed by atoms with E-state index in [0.29, 0.717) is 23.5 Å². The molecule has 0 aliphatic heterocycles. The van der Waals surface area contributed by atoms with Crippen molar-refractivity contribution in [2.45, 2.75) is 18.8 Å². The van der Waals surface area contributed by atoms with E-state index in [0.717, 1.165) is 0 Å². The van der Waals surface area contributed by atoms with Gasteiger partial charge in [0, 0.05) is 29.2 Å². The number of carbonyl (C=O) groups excluding carboxylic acids is 2. The van der Waals surface area contributed by atoms with Crippen LogP contribution >= 0.6 is 0 Å². The molecule has 0 bridgehead atoms. The number of ether oxygens (including phenoxy) is 1. The van der Waals surface area contributed by atoms with Crippen molar-refractivity contribution >= 4 is 22.3 Å². The maximum atomic E-state index is 13.5. The topological polar surface area (TPSA) is 43.4 Å². The molecule has 1 saturated carbocycles. The third-order valence-corrected chi connectivity index (χ3v) is 6.68. The third-order valence-electron chi connectivity index (χ3n) is 6.68. The van der Waals surface area contributed by atoms with E-state index >= 15 is 0 Å². The molecule has 4 unspecified atom stereocenters. The second kappa shape index (κ2) is 5.07. The molecule has 132 valence electrons. The fourth-order valence-corrected chi connectivity index (χ4v) is 5.74. The third kappa shape index (κ3) is 1.68. The Morgan fingerprint density at radius 1 is 0.778 bits per heavy atom. The van der Waals surface area contributed by atoms with Crippen LogP contribution in [0.4, 0.5) is 0 Å². The van der Waals surface area contributed by atoms with E-state index in [4.69, 9.17) is 4.74 Å². The maximum Gasteiger partial charge on any atom is 0.171 e. The highest BCUT2D eigenvalue weighted by Crippen LogP contribution is 2.67. The first-order chi connectivity index (χ1) is 13.2. The Morgan fingerprint density at radius 3 is 2.07 bits per heavy atom. The first kappa shape index (κ1) is 15.2. The smallest absolute Gasteiger partial charge is 0.171 e. The highest BCUT2D eigenvalue weighted by atomic mass is 16.5. The number of benzene rings is 3. The van der Waals surface area contributed by atoms with Gasteiger partial charge in [-0.05, 0) is 34.9 Å². The average Bonchev–Trinajstić information content (AvgIpc) is 2.92. The second-order valence-electron chi connectivity index (χ2n) is 7.74. The van der Waals surface area contributed by atoms with Crippen LogP contribution in [0.15, 0.2) is 54.6 Å². The van der Waals surface area contributed by atoms with Gasteiger partial charge in [-0.2, -0.15) is 0 Å². The molecule has 0 aromatic heterocycles. The van der Waals surface area contributed by atoms with Crippen LogP contribution < -0.4 is 4.74 Å². The van der Waals surface area contributed by atoms with E-state index in [1.165, 1.54) is 21.9 Å². The van der Waals surface area contributed by atoms with Crippen LogP contribution in [0.25, 0.3) is 10.8 Å². The summed E-state index contributed by atoms with van der Waals surface area (Å²) >= 11 is 0. The van der Waals surface area contributed by atoms with Gasteiger partial charge in [0.2, 0.25) is 0 Å². The average molecular weight is 354 g/mol. The molecule has 0 N–H and O–H groups in total. The van der Waals surface area contributed by atoms with Crippen LogP contribution in [-0.4, -0.2) is 18.2 Å². The number of hydrogen-bond donors (Lipinski definition) is 0. The van der Waals surface area contributed by atoms with Crippen LogP contribution in [0.2, 0.25) is 0 Å². The van der Waals surface area contributed by atoms with Crippen molar-refractivity contribution in [3.63, 3.8) is 0 Å². The molecule has 3 aliphatic rings. The SMILES string of the molecule is CCOc1cccc2c1C(=O)C1C(C2=O)C2c3cccc4cccc(c34)C12. The Labute approximate surface area is 157 Å². The van der Waals surface area contributed by atoms with Crippen LogP contribution in [0.1, 0.15) is 50.6 Å². The molecule has 0 heterocycles. The standard InChI is InChI=1S/C24H18O3/c1-2-27-16-11-5-10-15-18(16)24(26)22-20-14-9-4-7-12-6-3-8-13(17(12)14)19(20)21(22)23(15)25/h3-11,19-22H,2H2,1H3. The molecule has 0 radical (unpaired) electrons. The number of carbonyl (C=O) groups is 2. The molecular weight excluding hydrogens is 336 g/mol. The van der Waals surface area contributed by atoms with Crippen LogP contribution in [0, 0.1) is 11.8 Å². The molecule has 3 aromatic rings. The van der Waals surface area contributed by atoms with Crippen LogP contribution in [0.3, 0.4) is 0 Å². The number of ketones is 2. The molecule has 3 aliphatic carbocycles. The van der Waals surface area contributed by atoms with Gasteiger partial charge >= 0.3 is 0 Å². The van der Waals surface area contributed by atoms with Crippen molar-refractivity contribution < 1.29 is 14.3 Å². The van der Waals surface area contributed by atoms with Gasteiger partial charge in [0.25, 0.3) is 0 Å². The summed E-state index contributed by atoms with van der Waals surface area (Å²) in [7, 11) is 0. The summed E-state index contributed by atoms with van der Waals surface area (Å²) < 4.78 is 5.69. The van der Waals surface area contributed by atoms with Gasteiger partial charge in [-0.25, -0.2) is 0 Å². The van der Waals surface area contributed by atoms with Crippen molar-refractivity contribution in [1.29, 1.82) is 0 Å². The lowest BCUT2D eigenvalue weighted by molar-refractivity contribution is 0.0436. The first-order valence-corrected chi connectivity index (χ1v) is 9.58. The van der Waals surface area contributed by atoms with E-state index in [1.807, 2.05) is 13.0 Å². The first-order valence-electron chi connectivity index (χ1n) is 9.58. The lowest BCUT2D eigenvalue weighted by Crippen LogP contribution is -2.52. The molecule has 0 spiro atoms. The number of rotatable bonds is 2. The Hall–Kier alpha value is -2.94. The van der Waals surface area contributed by atoms with Gasteiger partial charge in [0.15, 0.2) is 11.6 Å².